The van der Waals surface area contributed by atoms with E-state index in [1.165, 1.54) is 11.6 Å². The predicted molar refractivity (Wildman–Crippen MR) is 90.8 cm³/mol. The molecule has 0 unspecified atom stereocenters. The van der Waals surface area contributed by atoms with Crippen molar-refractivity contribution in [2.45, 2.75) is 23.9 Å². The van der Waals surface area contributed by atoms with Crippen LogP contribution in [0.2, 0.25) is 4.82 Å². The molecule has 0 radical (unpaired) electrons. The van der Waals surface area contributed by atoms with Crippen LogP contribution < -0.4 is 4.46 Å². The second-order valence-corrected chi connectivity index (χ2v) is 8.24. The fourth-order valence-corrected chi connectivity index (χ4v) is 5.70. The minimum absolute atomic E-state index is 0.0320. The van der Waals surface area contributed by atoms with Crippen LogP contribution in [0.4, 0.5) is 0 Å². The molecule has 1 aliphatic rings. The van der Waals surface area contributed by atoms with E-state index in [0.29, 0.717) is 0 Å². The Kier molecular flexibility index (Phi) is 5.16. The Morgan fingerprint density at radius 3 is 2.26 bits per heavy atom. The number of hydrogen-bond donors (Lipinski definition) is 0. The van der Waals surface area contributed by atoms with Gasteiger partial charge in [-0.3, -0.25) is 0 Å². The molecule has 1 heterocycles. The predicted octanol–water partition coefficient (Wildman–Crippen LogP) is 2.75. The van der Waals surface area contributed by atoms with Gasteiger partial charge in [-0.1, -0.05) is 0 Å². The van der Waals surface area contributed by atoms with Crippen molar-refractivity contribution in [2.24, 2.45) is 5.92 Å². The fraction of sp³-hybridized carbons (Fsp3) is 0.316. The van der Waals surface area contributed by atoms with Crippen LogP contribution in [0.5, 0.6) is 0 Å². The van der Waals surface area contributed by atoms with E-state index < -0.39 is 0 Å². The molecule has 4 heteroatoms. The van der Waals surface area contributed by atoms with Crippen LogP contribution in [0.25, 0.3) is 0 Å². The Morgan fingerprint density at radius 2 is 1.65 bits per heavy atom. The van der Waals surface area contributed by atoms with Crippen molar-refractivity contribution in [3.8, 4) is 0 Å². The van der Waals surface area contributed by atoms with Crippen molar-refractivity contribution in [3.63, 3.8) is 0 Å². The molecule has 0 amide bonds. The van der Waals surface area contributed by atoms with Crippen LogP contribution in [0.3, 0.4) is 0 Å². The van der Waals surface area contributed by atoms with Crippen LogP contribution >= 0.6 is 0 Å². The van der Waals surface area contributed by atoms with Crippen molar-refractivity contribution in [1.29, 1.82) is 0 Å². The van der Waals surface area contributed by atoms with E-state index in [2.05, 4.69) is 19.1 Å². The standard InChI is InChI=1S/C19H20O3Se/c1-13-18(23-15-11-7-4-8-12-15)16(19(20)21-2)17(22-13)14-9-5-3-6-10-14/h3-13,16-18H,1-2H3/t13-,16-,17+,18-/m1/s1. The molecule has 1 aliphatic heterocycles. The van der Waals surface area contributed by atoms with Crippen molar-refractivity contribution in [2.75, 3.05) is 7.11 Å². The first kappa shape index (κ1) is 16.3. The molecule has 1 fully saturated rings. The van der Waals surface area contributed by atoms with Gasteiger partial charge in [0.15, 0.2) is 0 Å². The summed E-state index contributed by atoms with van der Waals surface area (Å²) in [5, 5.41) is 0. The van der Waals surface area contributed by atoms with Gasteiger partial charge in [-0.05, 0) is 0 Å². The summed E-state index contributed by atoms with van der Waals surface area (Å²) in [7, 11) is 1.46. The quantitative estimate of drug-likeness (QED) is 0.609. The summed E-state index contributed by atoms with van der Waals surface area (Å²) in [6, 6.07) is 20.3. The van der Waals surface area contributed by atoms with Gasteiger partial charge in [-0.2, -0.15) is 0 Å². The number of esters is 1. The molecule has 2 aromatic carbocycles. The number of carbonyl (C=O) groups excluding carboxylic acids is 1. The summed E-state index contributed by atoms with van der Waals surface area (Å²) >= 11 is 0.156. The number of carbonyl (C=O) groups is 1. The molecule has 4 atom stereocenters. The molecule has 0 spiro atoms. The van der Waals surface area contributed by atoms with Gasteiger partial charge in [0.25, 0.3) is 0 Å². The van der Waals surface area contributed by atoms with Crippen LogP contribution in [0.1, 0.15) is 18.6 Å². The Morgan fingerprint density at radius 1 is 1.04 bits per heavy atom. The van der Waals surface area contributed by atoms with Gasteiger partial charge in [0.1, 0.15) is 0 Å². The van der Waals surface area contributed by atoms with E-state index in [1.807, 2.05) is 48.5 Å². The number of benzene rings is 2. The molecule has 0 N–H and O–H groups in total. The molecule has 2 aromatic rings. The molecule has 0 aromatic heterocycles. The summed E-state index contributed by atoms with van der Waals surface area (Å²) < 4.78 is 12.6. The van der Waals surface area contributed by atoms with Crippen LogP contribution in [-0.2, 0) is 14.3 Å². The topological polar surface area (TPSA) is 35.5 Å². The van der Waals surface area contributed by atoms with Gasteiger partial charge in [0.05, 0.1) is 0 Å². The van der Waals surface area contributed by atoms with E-state index in [0.717, 1.165) is 5.56 Å². The Hall–Kier alpha value is -1.61. The third kappa shape index (κ3) is 3.50. The molecule has 120 valence electrons. The van der Waals surface area contributed by atoms with Crippen molar-refractivity contribution >= 4 is 25.4 Å². The number of rotatable bonds is 4. The normalized spacial score (nSPS) is 26.9. The molecular weight excluding hydrogens is 355 g/mol. The van der Waals surface area contributed by atoms with Crippen LogP contribution in [0.15, 0.2) is 60.7 Å². The first-order valence-electron chi connectivity index (χ1n) is 7.70. The number of ether oxygens (including phenoxy) is 2. The third-order valence-electron chi connectivity index (χ3n) is 4.12. The zero-order valence-corrected chi connectivity index (χ0v) is 14.9. The molecular formula is C19H20O3Se. The summed E-state index contributed by atoms with van der Waals surface area (Å²) in [4.78, 5) is 12.6. The van der Waals surface area contributed by atoms with Gasteiger partial charge < -0.3 is 0 Å². The van der Waals surface area contributed by atoms with Crippen molar-refractivity contribution in [3.05, 3.63) is 66.2 Å². The Bertz CT molecular complexity index is 644. The van der Waals surface area contributed by atoms with Crippen molar-refractivity contribution in [1.82, 2.24) is 0 Å². The third-order valence-corrected chi connectivity index (χ3v) is 7.25. The van der Waals surface area contributed by atoms with E-state index in [9.17, 15) is 4.79 Å². The zero-order valence-electron chi connectivity index (χ0n) is 13.2. The number of methoxy groups -OCH3 is 1. The van der Waals surface area contributed by atoms with Gasteiger partial charge in [-0.25, -0.2) is 0 Å². The minimum atomic E-state index is -0.252. The first-order chi connectivity index (χ1) is 11.2. The van der Waals surface area contributed by atoms with Crippen LogP contribution in [-0.4, -0.2) is 34.1 Å². The zero-order chi connectivity index (χ0) is 16.2. The Labute approximate surface area is 143 Å². The monoisotopic (exact) mass is 376 g/mol. The SMILES string of the molecule is COC(=O)[C@H]1[C@H]([Se]c2ccccc2)[C@@H](C)O[C@H]1c1ccccc1. The molecule has 0 saturated carbocycles. The van der Waals surface area contributed by atoms with Gasteiger partial charge >= 0.3 is 143 Å². The maximum absolute atomic E-state index is 12.5. The average Bonchev–Trinajstić information content (AvgIpc) is 2.92. The molecule has 23 heavy (non-hydrogen) atoms. The van der Waals surface area contributed by atoms with E-state index in [4.69, 9.17) is 9.47 Å². The van der Waals surface area contributed by atoms with E-state index >= 15 is 0 Å². The van der Waals surface area contributed by atoms with Crippen LogP contribution in [0, 0.1) is 5.92 Å². The van der Waals surface area contributed by atoms with Gasteiger partial charge in [-0.15, -0.1) is 0 Å². The summed E-state index contributed by atoms with van der Waals surface area (Å²) in [6.07, 6.45) is -0.196. The van der Waals surface area contributed by atoms with Crippen molar-refractivity contribution < 1.29 is 14.3 Å². The molecule has 3 nitrogen and oxygen atoms in total. The average molecular weight is 375 g/mol. The summed E-state index contributed by atoms with van der Waals surface area (Å²) in [5.74, 6) is -0.427. The molecule has 3 rings (SSSR count). The molecule has 0 aliphatic carbocycles. The Balaban J connectivity index is 1.90. The second kappa shape index (κ2) is 7.31. The van der Waals surface area contributed by atoms with E-state index in [-0.39, 0.29) is 43.9 Å². The fourth-order valence-electron chi connectivity index (χ4n) is 3.01. The summed E-state index contributed by atoms with van der Waals surface area (Å²) in [6.45, 7) is 2.06. The van der Waals surface area contributed by atoms with E-state index in [1.54, 1.807) is 0 Å². The molecule has 0 bridgehead atoms. The number of hydrogen-bond acceptors (Lipinski definition) is 3. The summed E-state index contributed by atoms with van der Waals surface area (Å²) in [5.41, 5.74) is 1.04. The first-order valence-corrected chi connectivity index (χ1v) is 9.55. The van der Waals surface area contributed by atoms with Gasteiger partial charge in [0.2, 0.25) is 0 Å². The van der Waals surface area contributed by atoms with Gasteiger partial charge in [0, 0.05) is 0 Å². The maximum atomic E-state index is 12.5. The second-order valence-electron chi connectivity index (χ2n) is 5.62. The molecule has 1 saturated heterocycles.